The highest BCUT2D eigenvalue weighted by molar-refractivity contribution is 5.55. The van der Waals surface area contributed by atoms with Crippen LogP contribution in [0.25, 0.3) is 11.4 Å². The first-order valence-electron chi connectivity index (χ1n) is 6.17. The Morgan fingerprint density at radius 1 is 1.38 bits per heavy atom. The second-order valence-corrected chi connectivity index (χ2v) is 4.39. The molecule has 5 nitrogen and oxygen atoms in total. The van der Waals surface area contributed by atoms with Gasteiger partial charge >= 0.3 is 6.18 Å². The zero-order valence-electron chi connectivity index (χ0n) is 11.2. The summed E-state index contributed by atoms with van der Waals surface area (Å²) in [5.74, 6) is 0.364. The van der Waals surface area contributed by atoms with Crippen molar-refractivity contribution in [2.45, 2.75) is 18.7 Å². The summed E-state index contributed by atoms with van der Waals surface area (Å²) in [6, 6.07) is 4.75. The molecule has 0 saturated carbocycles. The number of ether oxygens (including phenoxy) is 1. The maximum absolute atomic E-state index is 12.7. The summed E-state index contributed by atoms with van der Waals surface area (Å²) >= 11 is 0. The van der Waals surface area contributed by atoms with E-state index in [1.54, 1.807) is 0 Å². The molecule has 2 rings (SSSR count). The van der Waals surface area contributed by atoms with Crippen LogP contribution in [0.2, 0.25) is 0 Å². The molecule has 2 aromatic rings. The van der Waals surface area contributed by atoms with Gasteiger partial charge in [-0.25, -0.2) is 0 Å². The molecule has 1 aromatic carbocycles. The molecule has 21 heavy (non-hydrogen) atoms. The molecule has 1 atom stereocenters. The molecular weight excluding hydrogens is 287 g/mol. The third kappa shape index (κ3) is 3.79. The first-order chi connectivity index (χ1) is 9.94. The molecule has 0 fully saturated rings. The monoisotopic (exact) mass is 301 g/mol. The first-order valence-corrected chi connectivity index (χ1v) is 6.17. The second-order valence-electron chi connectivity index (χ2n) is 4.39. The van der Waals surface area contributed by atoms with Crippen LogP contribution in [0.5, 0.6) is 0 Å². The number of rotatable bonds is 5. The van der Waals surface area contributed by atoms with Crippen molar-refractivity contribution in [3.05, 3.63) is 35.7 Å². The quantitative estimate of drug-likeness (QED) is 0.917. The Morgan fingerprint density at radius 3 is 2.76 bits per heavy atom. The van der Waals surface area contributed by atoms with Gasteiger partial charge in [-0.2, -0.15) is 18.2 Å². The third-order valence-corrected chi connectivity index (χ3v) is 2.91. The molecule has 0 amide bonds. The van der Waals surface area contributed by atoms with Crippen molar-refractivity contribution in [2.75, 3.05) is 13.7 Å². The smallest absolute Gasteiger partial charge is 0.380 e. The molecule has 2 N–H and O–H groups in total. The minimum absolute atomic E-state index is 0.1000. The van der Waals surface area contributed by atoms with E-state index in [0.29, 0.717) is 6.42 Å². The molecule has 0 saturated heterocycles. The van der Waals surface area contributed by atoms with Crippen LogP contribution in [0.3, 0.4) is 0 Å². The van der Waals surface area contributed by atoms with Crippen molar-refractivity contribution >= 4 is 0 Å². The molecular formula is C13H14F3N3O2. The number of methoxy groups -OCH3 is 1. The van der Waals surface area contributed by atoms with Gasteiger partial charge < -0.3 is 15.0 Å². The third-order valence-electron chi connectivity index (χ3n) is 2.91. The summed E-state index contributed by atoms with van der Waals surface area (Å²) in [7, 11) is 1.50. The van der Waals surface area contributed by atoms with Gasteiger partial charge in [-0.05, 0) is 12.1 Å². The number of nitrogens with two attached hydrogens (primary N) is 1. The van der Waals surface area contributed by atoms with Gasteiger partial charge in [0.2, 0.25) is 11.7 Å². The molecule has 0 radical (unpaired) electrons. The second kappa shape index (κ2) is 6.23. The van der Waals surface area contributed by atoms with Gasteiger partial charge in [-0.1, -0.05) is 17.3 Å². The lowest BCUT2D eigenvalue weighted by Crippen LogP contribution is -2.24. The number of hydrogen-bond acceptors (Lipinski definition) is 5. The van der Waals surface area contributed by atoms with E-state index in [4.69, 9.17) is 15.0 Å². The zero-order valence-corrected chi connectivity index (χ0v) is 11.2. The van der Waals surface area contributed by atoms with Crippen LogP contribution in [-0.4, -0.2) is 29.9 Å². The Hall–Kier alpha value is -1.93. The molecule has 1 aromatic heterocycles. The van der Waals surface area contributed by atoms with Crippen LogP contribution in [0.4, 0.5) is 13.2 Å². The fourth-order valence-electron chi connectivity index (χ4n) is 1.75. The molecule has 0 bridgehead atoms. The topological polar surface area (TPSA) is 74.2 Å². The fourth-order valence-corrected chi connectivity index (χ4v) is 1.75. The van der Waals surface area contributed by atoms with Crippen LogP contribution in [0, 0.1) is 0 Å². The van der Waals surface area contributed by atoms with E-state index in [2.05, 4.69) is 10.1 Å². The van der Waals surface area contributed by atoms with Crippen LogP contribution < -0.4 is 5.73 Å². The maximum atomic E-state index is 12.7. The number of benzene rings is 1. The average Bonchev–Trinajstić information content (AvgIpc) is 2.92. The Bertz CT molecular complexity index is 594. The van der Waals surface area contributed by atoms with Crippen molar-refractivity contribution in [1.29, 1.82) is 0 Å². The highest BCUT2D eigenvalue weighted by Crippen LogP contribution is 2.31. The van der Waals surface area contributed by atoms with Gasteiger partial charge in [0.1, 0.15) is 0 Å². The van der Waals surface area contributed by atoms with E-state index < -0.39 is 11.7 Å². The molecule has 0 aliphatic heterocycles. The highest BCUT2D eigenvalue weighted by Gasteiger charge is 2.30. The molecule has 1 unspecified atom stereocenters. The SMILES string of the molecule is COC(CN)Cc1nc(-c2cccc(C(F)(F)F)c2)no1. The molecule has 0 spiro atoms. The van der Waals surface area contributed by atoms with Gasteiger partial charge in [0.05, 0.1) is 18.1 Å². The van der Waals surface area contributed by atoms with E-state index in [1.807, 2.05) is 0 Å². The number of halogens is 3. The summed E-state index contributed by atoms with van der Waals surface area (Å²) in [5, 5.41) is 3.68. The lowest BCUT2D eigenvalue weighted by atomic mass is 10.1. The van der Waals surface area contributed by atoms with Gasteiger partial charge in [-0.3, -0.25) is 0 Å². The van der Waals surface area contributed by atoms with E-state index in [1.165, 1.54) is 19.2 Å². The highest BCUT2D eigenvalue weighted by atomic mass is 19.4. The maximum Gasteiger partial charge on any atom is 0.416 e. The number of alkyl halides is 3. The Morgan fingerprint density at radius 2 is 2.14 bits per heavy atom. The van der Waals surface area contributed by atoms with Gasteiger partial charge in [-0.15, -0.1) is 0 Å². The van der Waals surface area contributed by atoms with E-state index in [-0.39, 0.29) is 29.9 Å². The van der Waals surface area contributed by atoms with Crippen molar-refractivity contribution < 1.29 is 22.4 Å². The zero-order chi connectivity index (χ0) is 15.5. The standard InChI is InChI=1S/C13H14F3N3O2/c1-20-10(7-17)6-11-18-12(19-21-11)8-3-2-4-9(5-8)13(14,15)16/h2-5,10H,6-7,17H2,1H3. The van der Waals surface area contributed by atoms with Crippen LogP contribution in [0.15, 0.2) is 28.8 Å². The molecule has 1 heterocycles. The van der Waals surface area contributed by atoms with Gasteiger partial charge in [0.25, 0.3) is 0 Å². The van der Waals surface area contributed by atoms with E-state index in [9.17, 15) is 13.2 Å². The molecule has 114 valence electrons. The summed E-state index contributed by atoms with van der Waals surface area (Å²) in [4.78, 5) is 4.06. The number of aromatic nitrogens is 2. The first kappa shape index (κ1) is 15.5. The molecule has 0 aliphatic carbocycles. The van der Waals surface area contributed by atoms with E-state index in [0.717, 1.165) is 12.1 Å². The number of nitrogens with zero attached hydrogens (tertiary/aromatic N) is 2. The largest absolute Gasteiger partial charge is 0.416 e. The fraction of sp³-hybridized carbons (Fsp3) is 0.385. The van der Waals surface area contributed by atoms with Gasteiger partial charge in [0, 0.05) is 19.2 Å². The summed E-state index contributed by atoms with van der Waals surface area (Å²) in [5.41, 5.74) is 4.95. The Kier molecular flexibility index (Phi) is 4.59. The number of hydrogen-bond donors (Lipinski definition) is 1. The van der Waals surface area contributed by atoms with Crippen molar-refractivity contribution in [2.24, 2.45) is 5.73 Å². The van der Waals surface area contributed by atoms with Crippen LogP contribution in [0.1, 0.15) is 11.5 Å². The summed E-state index contributed by atoms with van der Waals surface area (Å²) in [6.07, 6.45) is -4.39. The lowest BCUT2D eigenvalue weighted by Gasteiger charge is -2.08. The van der Waals surface area contributed by atoms with Crippen LogP contribution >= 0.6 is 0 Å². The summed E-state index contributed by atoms with van der Waals surface area (Å²) in [6.45, 7) is 0.276. The minimum Gasteiger partial charge on any atom is -0.380 e. The minimum atomic E-state index is -4.41. The summed E-state index contributed by atoms with van der Waals surface area (Å²) < 4.78 is 48.1. The predicted molar refractivity (Wildman–Crippen MR) is 68.3 cm³/mol. The average molecular weight is 301 g/mol. The Labute approximate surface area is 118 Å². The lowest BCUT2D eigenvalue weighted by molar-refractivity contribution is -0.137. The van der Waals surface area contributed by atoms with Gasteiger partial charge in [0.15, 0.2) is 0 Å². The predicted octanol–water partition coefficient (Wildman–Crippen LogP) is 2.27. The van der Waals surface area contributed by atoms with Crippen molar-refractivity contribution in [3.8, 4) is 11.4 Å². The normalized spacial score (nSPS) is 13.4. The molecule has 0 aliphatic rings. The molecule has 8 heteroatoms. The van der Waals surface area contributed by atoms with Crippen LogP contribution in [-0.2, 0) is 17.3 Å². The van der Waals surface area contributed by atoms with E-state index >= 15 is 0 Å². The van der Waals surface area contributed by atoms with Crippen molar-refractivity contribution in [1.82, 2.24) is 10.1 Å². The van der Waals surface area contributed by atoms with Crippen molar-refractivity contribution in [3.63, 3.8) is 0 Å². The Balaban J connectivity index is 2.22.